The number of nitrogens with zero attached hydrogens (tertiary/aromatic N) is 3. The molecule has 1 N–H and O–H groups in total. The van der Waals surface area contributed by atoms with Crippen molar-refractivity contribution in [3.8, 4) is 17.1 Å². The van der Waals surface area contributed by atoms with E-state index in [4.69, 9.17) is 4.74 Å². The van der Waals surface area contributed by atoms with E-state index in [2.05, 4.69) is 15.4 Å². The van der Waals surface area contributed by atoms with Crippen molar-refractivity contribution in [1.82, 2.24) is 9.66 Å². The molecule has 182 valence electrons. The number of carbonyl (C=O) groups excluding carboxylic acids is 1. The number of nitrogens with one attached hydrogen (secondary N) is 1. The maximum atomic E-state index is 13.3. The van der Waals surface area contributed by atoms with Gasteiger partial charge in [0.05, 0.1) is 17.1 Å². The van der Waals surface area contributed by atoms with E-state index in [9.17, 15) is 14.0 Å². The highest BCUT2D eigenvalue weighted by atomic mass is 19.1. The molecule has 0 aliphatic rings. The van der Waals surface area contributed by atoms with Crippen LogP contribution in [-0.4, -0.2) is 28.4 Å². The van der Waals surface area contributed by atoms with Crippen LogP contribution in [0.2, 0.25) is 0 Å². The Balaban J connectivity index is 1.37. The lowest BCUT2D eigenvalue weighted by Gasteiger charge is -2.10. The Kier molecular flexibility index (Phi) is 6.80. The zero-order valence-corrected chi connectivity index (χ0v) is 19.5. The number of fused-ring (bicyclic) bond motifs is 1. The van der Waals surface area contributed by atoms with E-state index >= 15 is 0 Å². The molecule has 0 saturated heterocycles. The quantitative estimate of drug-likeness (QED) is 0.320. The van der Waals surface area contributed by atoms with E-state index in [1.807, 2.05) is 36.4 Å². The van der Waals surface area contributed by atoms with Gasteiger partial charge in [-0.25, -0.2) is 9.37 Å². The highest BCUT2D eigenvalue weighted by molar-refractivity contribution is 5.91. The van der Waals surface area contributed by atoms with E-state index in [0.717, 1.165) is 5.56 Å². The average Bonchev–Trinajstić information content (AvgIpc) is 2.93. The molecule has 5 aromatic rings. The van der Waals surface area contributed by atoms with Crippen LogP contribution in [0.15, 0.2) is 113 Å². The molecule has 8 heteroatoms. The van der Waals surface area contributed by atoms with Gasteiger partial charge in [0.25, 0.3) is 11.5 Å². The van der Waals surface area contributed by atoms with E-state index in [1.54, 1.807) is 42.5 Å². The van der Waals surface area contributed by atoms with Crippen LogP contribution in [0, 0.1) is 5.82 Å². The van der Waals surface area contributed by atoms with Gasteiger partial charge < -0.3 is 10.1 Å². The van der Waals surface area contributed by atoms with Crippen molar-refractivity contribution >= 4 is 28.7 Å². The van der Waals surface area contributed by atoms with Gasteiger partial charge in [-0.2, -0.15) is 9.78 Å². The third-order valence-electron chi connectivity index (χ3n) is 5.46. The van der Waals surface area contributed by atoms with E-state index in [-0.39, 0.29) is 23.9 Å². The molecule has 5 rings (SSSR count). The summed E-state index contributed by atoms with van der Waals surface area (Å²) in [6.07, 6.45) is 1.54. The fraction of sp³-hybridized carbons (Fsp3) is 0.0345. The topological polar surface area (TPSA) is 85.6 Å². The Hall–Kier alpha value is -5.11. The lowest BCUT2D eigenvalue weighted by Crippen LogP contribution is -2.20. The Morgan fingerprint density at radius 3 is 2.51 bits per heavy atom. The van der Waals surface area contributed by atoms with Gasteiger partial charge in [0.15, 0.2) is 12.4 Å². The lowest BCUT2D eigenvalue weighted by molar-refractivity contribution is -0.118. The monoisotopic (exact) mass is 492 g/mol. The summed E-state index contributed by atoms with van der Waals surface area (Å²) < 4.78 is 19.9. The number of amides is 1. The number of rotatable bonds is 7. The maximum Gasteiger partial charge on any atom is 0.282 e. The fourth-order valence-corrected chi connectivity index (χ4v) is 3.69. The van der Waals surface area contributed by atoms with Crippen LogP contribution in [0.1, 0.15) is 5.56 Å². The Morgan fingerprint density at radius 1 is 0.946 bits per heavy atom. The van der Waals surface area contributed by atoms with Gasteiger partial charge in [-0.05, 0) is 54.1 Å². The van der Waals surface area contributed by atoms with Gasteiger partial charge in [-0.15, -0.1) is 0 Å². The molecule has 0 unspecified atom stereocenters. The minimum Gasteiger partial charge on any atom is -0.484 e. The highest BCUT2D eigenvalue weighted by Crippen LogP contribution is 2.19. The normalized spacial score (nSPS) is 11.1. The Bertz CT molecular complexity index is 1650. The molecule has 0 fully saturated rings. The summed E-state index contributed by atoms with van der Waals surface area (Å²) in [7, 11) is 0. The van der Waals surface area contributed by atoms with E-state index in [0.29, 0.717) is 33.7 Å². The molecule has 7 nitrogen and oxygen atoms in total. The van der Waals surface area contributed by atoms with Gasteiger partial charge >= 0.3 is 0 Å². The van der Waals surface area contributed by atoms with Gasteiger partial charge in [0, 0.05) is 11.3 Å². The van der Waals surface area contributed by atoms with Gasteiger partial charge in [0.2, 0.25) is 0 Å². The molecular weight excluding hydrogens is 471 g/mol. The van der Waals surface area contributed by atoms with Crippen molar-refractivity contribution in [3.63, 3.8) is 0 Å². The standard InChI is InChI=1S/C29H21FN4O3/c30-22-13-15-23(16-14-22)32-27(35)19-37-24-10-6-7-20(17-24)18-31-34-28(21-8-2-1-3-9-21)33-26-12-5-4-11-25(26)29(34)36/h1-18H,19H2,(H,32,35). The van der Waals surface area contributed by atoms with Crippen LogP contribution < -0.4 is 15.6 Å². The van der Waals surface area contributed by atoms with Crippen LogP contribution in [0.4, 0.5) is 10.1 Å². The maximum absolute atomic E-state index is 13.3. The molecule has 0 bridgehead atoms. The van der Waals surface area contributed by atoms with Crippen molar-refractivity contribution in [3.05, 3.63) is 125 Å². The number of anilines is 1. The molecular formula is C29H21FN4O3. The molecule has 0 spiro atoms. The summed E-state index contributed by atoms with van der Waals surface area (Å²) in [5.41, 5.74) is 2.19. The van der Waals surface area contributed by atoms with Crippen molar-refractivity contribution < 1.29 is 13.9 Å². The lowest BCUT2D eigenvalue weighted by atomic mass is 10.2. The SMILES string of the molecule is O=C(COc1cccc(C=Nn2c(-c3ccccc3)nc3ccccc3c2=O)c1)Nc1ccc(F)cc1. The molecule has 1 aromatic heterocycles. The van der Waals surface area contributed by atoms with Crippen molar-refractivity contribution in [2.24, 2.45) is 5.10 Å². The Morgan fingerprint density at radius 2 is 1.70 bits per heavy atom. The number of ether oxygens (including phenoxy) is 1. The fourth-order valence-electron chi connectivity index (χ4n) is 3.69. The van der Waals surface area contributed by atoms with Gasteiger partial charge in [0.1, 0.15) is 11.6 Å². The molecule has 1 amide bonds. The summed E-state index contributed by atoms with van der Waals surface area (Å²) in [6.45, 7) is -0.232. The van der Waals surface area contributed by atoms with Crippen LogP contribution in [-0.2, 0) is 4.79 Å². The van der Waals surface area contributed by atoms with Crippen LogP contribution in [0.25, 0.3) is 22.3 Å². The summed E-state index contributed by atoms with van der Waals surface area (Å²) in [5.74, 6) is 0.105. The number of hydrogen-bond acceptors (Lipinski definition) is 5. The summed E-state index contributed by atoms with van der Waals surface area (Å²) in [4.78, 5) is 30.1. The first kappa shape index (κ1) is 23.6. The van der Waals surface area contributed by atoms with Crippen LogP contribution >= 0.6 is 0 Å². The van der Waals surface area contributed by atoms with Crippen molar-refractivity contribution in [1.29, 1.82) is 0 Å². The van der Waals surface area contributed by atoms with Crippen molar-refractivity contribution in [2.45, 2.75) is 0 Å². The predicted octanol–water partition coefficient (Wildman–Crippen LogP) is 5.10. The summed E-state index contributed by atoms with van der Waals surface area (Å²) in [6, 6.07) is 29.0. The van der Waals surface area contributed by atoms with Crippen LogP contribution in [0.3, 0.4) is 0 Å². The minimum atomic E-state index is -0.384. The Labute approximate surface area is 211 Å². The molecule has 0 aliphatic carbocycles. The summed E-state index contributed by atoms with van der Waals surface area (Å²) >= 11 is 0. The predicted molar refractivity (Wildman–Crippen MR) is 141 cm³/mol. The first-order valence-corrected chi connectivity index (χ1v) is 11.5. The molecule has 0 radical (unpaired) electrons. The highest BCUT2D eigenvalue weighted by Gasteiger charge is 2.12. The largest absolute Gasteiger partial charge is 0.484 e. The molecule has 4 aromatic carbocycles. The molecule has 0 saturated carbocycles. The van der Waals surface area contributed by atoms with Crippen molar-refractivity contribution in [2.75, 3.05) is 11.9 Å². The smallest absolute Gasteiger partial charge is 0.282 e. The first-order chi connectivity index (χ1) is 18.1. The zero-order valence-electron chi connectivity index (χ0n) is 19.5. The third-order valence-corrected chi connectivity index (χ3v) is 5.46. The summed E-state index contributed by atoms with van der Waals surface area (Å²) in [5, 5.41) is 7.56. The van der Waals surface area contributed by atoms with Gasteiger partial charge in [-0.1, -0.05) is 54.6 Å². The number of para-hydroxylation sites is 1. The zero-order chi connectivity index (χ0) is 25.6. The molecule has 1 heterocycles. The second kappa shape index (κ2) is 10.7. The van der Waals surface area contributed by atoms with E-state index in [1.165, 1.54) is 35.2 Å². The second-order valence-electron chi connectivity index (χ2n) is 8.10. The second-order valence-corrected chi connectivity index (χ2v) is 8.10. The molecule has 37 heavy (non-hydrogen) atoms. The molecule has 0 atom stereocenters. The minimum absolute atomic E-state index is 0.232. The first-order valence-electron chi connectivity index (χ1n) is 11.5. The number of aromatic nitrogens is 2. The number of carbonyl (C=O) groups is 1. The number of halogens is 1. The van der Waals surface area contributed by atoms with Gasteiger partial charge in [-0.3, -0.25) is 9.59 Å². The third kappa shape index (κ3) is 5.59. The van der Waals surface area contributed by atoms with E-state index < -0.39 is 0 Å². The average molecular weight is 493 g/mol. The molecule has 0 aliphatic heterocycles. The van der Waals surface area contributed by atoms with Crippen LogP contribution in [0.5, 0.6) is 5.75 Å². The number of benzene rings is 4. The number of hydrogen-bond donors (Lipinski definition) is 1.